The van der Waals surface area contributed by atoms with Gasteiger partial charge in [0, 0.05) is 31.5 Å². The van der Waals surface area contributed by atoms with Crippen LogP contribution in [0.15, 0.2) is 48.8 Å². The van der Waals surface area contributed by atoms with Crippen LogP contribution >= 0.6 is 0 Å². The Bertz CT molecular complexity index is 651. The van der Waals surface area contributed by atoms with Gasteiger partial charge in [-0.15, -0.1) is 0 Å². The molecule has 2 heterocycles. The average molecular weight is 326 g/mol. The summed E-state index contributed by atoms with van der Waals surface area (Å²) in [5.74, 6) is 1.56. The van der Waals surface area contributed by atoms with Crippen LogP contribution in [0.2, 0.25) is 0 Å². The van der Waals surface area contributed by atoms with Crippen molar-refractivity contribution in [2.24, 2.45) is 0 Å². The Morgan fingerprint density at radius 1 is 1.25 bits per heavy atom. The molecular weight excluding hydrogens is 304 g/mol. The van der Waals surface area contributed by atoms with E-state index in [1.165, 1.54) is 0 Å². The van der Waals surface area contributed by atoms with Gasteiger partial charge in [0.05, 0.1) is 6.54 Å². The molecule has 1 saturated heterocycles. The predicted octanol–water partition coefficient (Wildman–Crippen LogP) is 1.59. The van der Waals surface area contributed by atoms with E-state index in [0.29, 0.717) is 12.6 Å². The second-order valence-electron chi connectivity index (χ2n) is 5.96. The first-order chi connectivity index (χ1) is 11.7. The van der Waals surface area contributed by atoms with E-state index in [4.69, 9.17) is 4.74 Å². The fraction of sp³-hybridized carbons (Fsp3) is 0.389. The number of nitrogens with zero attached hydrogens (tertiary/aromatic N) is 4. The number of carbonyl (C=O) groups excluding carboxylic acids is 1. The average Bonchev–Trinajstić information content (AvgIpc) is 3.12. The van der Waals surface area contributed by atoms with E-state index in [-0.39, 0.29) is 12.5 Å². The van der Waals surface area contributed by atoms with E-state index < -0.39 is 0 Å². The minimum Gasteiger partial charge on any atom is -0.484 e. The van der Waals surface area contributed by atoms with Gasteiger partial charge < -0.3 is 9.64 Å². The van der Waals surface area contributed by atoms with Gasteiger partial charge in [0.15, 0.2) is 6.61 Å². The second kappa shape index (κ2) is 7.88. The fourth-order valence-corrected chi connectivity index (χ4v) is 2.84. The van der Waals surface area contributed by atoms with E-state index in [1.807, 2.05) is 41.3 Å². The van der Waals surface area contributed by atoms with Gasteiger partial charge >= 0.3 is 0 Å². The van der Waals surface area contributed by atoms with Gasteiger partial charge in [-0.1, -0.05) is 18.2 Å². The van der Waals surface area contributed by atoms with Crippen molar-refractivity contribution in [2.75, 3.05) is 26.7 Å². The molecule has 0 radical (unpaired) electrons. The molecule has 1 aliphatic heterocycles. The molecule has 6 nitrogen and oxygen atoms in total. The second-order valence-corrected chi connectivity index (χ2v) is 5.96. The highest BCUT2D eigenvalue weighted by Crippen LogP contribution is 2.16. The molecule has 1 fully saturated rings. The van der Waals surface area contributed by atoms with Crippen molar-refractivity contribution in [2.45, 2.75) is 19.0 Å². The third-order valence-corrected chi connectivity index (χ3v) is 4.26. The minimum absolute atomic E-state index is 0.0331. The number of para-hydroxylation sites is 1. The quantitative estimate of drug-likeness (QED) is 0.807. The number of rotatable bonds is 6. The molecule has 1 aliphatic rings. The van der Waals surface area contributed by atoms with E-state index in [1.54, 1.807) is 12.4 Å². The van der Waals surface area contributed by atoms with Gasteiger partial charge in [-0.25, -0.2) is 9.97 Å². The van der Waals surface area contributed by atoms with Gasteiger partial charge in [-0.05, 0) is 31.7 Å². The van der Waals surface area contributed by atoms with Crippen LogP contribution in [0.25, 0.3) is 0 Å². The van der Waals surface area contributed by atoms with Crippen molar-refractivity contribution < 1.29 is 9.53 Å². The van der Waals surface area contributed by atoms with Gasteiger partial charge in [-0.2, -0.15) is 0 Å². The van der Waals surface area contributed by atoms with Crippen LogP contribution in [-0.2, 0) is 11.3 Å². The molecule has 1 atom stereocenters. The molecule has 1 aromatic carbocycles. The lowest BCUT2D eigenvalue weighted by Crippen LogP contribution is -2.38. The normalized spacial score (nSPS) is 17.2. The van der Waals surface area contributed by atoms with E-state index in [2.05, 4.69) is 21.9 Å². The molecule has 6 heteroatoms. The maximum absolute atomic E-state index is 12.3. The fourth-order valence-electron chi connectivity index (χ4n) is 2.84. The highest BCUT2D eigenvalue weighted by atomic mass is 16.5. The summed E-state index contributed by atoms with van der Waals surface area (Å²) in [6.07, 6.45) is 4.46. The number of hydrogen-bond acceptors (Lipinski definition) is 5. The van der Waals surface area contributed by atoms with Crippen molar-refractivity contribution in [1.82, 2.24) is 19.8 Å². The molecular formula is C18H22N4O2. The van der Waals surface area contributed by atoms with Gasteiger partial charge in [0.25, 0.3) is 5.91 Å². The Labute approximate surface area is 142 Å². The monoisotopic (exact) mass is 326 g/mol. The smallest absolute Gasteiger partial charge is 0.260 e. The summed E-state index contributed by atoms with van der Waals surface area (Å²) in [7, 11) is 2.05. The number of hydrogen-bond donors (Lipinski definition) is 0. The number of carbonyl (C=O) groups is 1. The van der Waals surface area contributed by atoms with Crippen LogP contribution in [0.3, 0.4) is 0 Å². The Morgan fingerprint density at radius 3 is 2.75 bits per heavy atom. The number of ether oxygens (including phenoxy) is 1. The topological polar surface area (TPSA) is 58.6 Å². The SMILES string of the molecule is CN(Cc1ncccn1)C1CCN(C(=O)COc2ccccc2)C1. The molecule has 0 aliphatic carbocycles. The molecule has 1 unspecified atom stereocenters. The third kappa shape index (κ3) is 4.29. The summed E-state index contributed by atoms with van der Waals surface area (Å²) in [5.41, 5.74) is 0. The van der Waals surface area contributed by atoms with E-state index in [9.17, 15) is 4.79 Å². The largest absolute Gasteiger partial charge is 0.484 e. The summed E-state index contributed by atoms with van der Waals surface area (Å²) in [5, 5.41) is 0. The Kier molecular flexibility index (Phi) is 5.38. The number of aromatic nitrogens is 2. The van der Waals surface area contributed by atoms with Crippen molar-refractivity contribution in [1.29, 1.82) is 0 Å². The van der Waals surface area contributed by atoms with Gasteiger partial charge in [0.1, 0.15) is 11.6 Å². The lowest BCUT2D eigenvalue weighted by molar-refractivity contribution is -0.132. The highest BCUT2D eigenvalue weighted by Gasteiger charge is 2.29. The zero-order valence-electron chi connectivity index (χ0n) is 13.8. The van der Waals surface area contributed by atoms with Crippen molar-refractivity contribution in [3.63, 3.8) is 0 Å². The molecule has 3 rings (SSSR count). The number of amides is 1. The van der Waals surface area contributed by atoms with Crippen molar-refractivity contribution in [3.8, 4) is 5.75 Å². The maximum atomic E-state index is 12.3. The van der Waals surface area contributed by atoms with Crippen LogP contribution in [0.1, 0.15) is 12.2 Å². The zero-order chi connectivity index (χ0) is 16.8. The molecule has 1 amide bonds. The van der Waals surface area contributed by atoms with Crippen molar-refractivity contribution in [3.05, 3.63) is 54.6 Å². The summed E-state index contributed by atoms with van der Waals surface area (Å²) in [4.78, 5) is 24.9. The summed E-state index contributed by atoms with van der Waals surface area (Å²) < 4.78 is 5.55. The summed E-state index contributed by atoms with van der Waals surface area (Å²) >= 11 is 0. The lowest BCUT2D eigenvalue weighted by Gasteiger charge is -2.24. The third-order valence-electron chi connectivity index (χ3n) is 4.26. The van der Waals surface area contributed by atoms with Crippen LogP contribution < -0.4 is 4.74 Å². The van der Waals surface area contributed by atoms with E-state index in [0.717, 1.165) is 31.1 Å². The molecule has 0 N–H and O–H groups in total. The van der Waals surface area contributed by atoms with E-state index >= 15 is 0 Å². The Morgan fingerprint density at radius 2 is 2.00 bits per heavy atom. The predicted molar refractivity (Wildman–Crippen MR) is 90.4 cm³/mol. The number of likely N-dealkylation sites (tertiary alicyclic amines) is 1. The maximum Gasteiger partial charge on any atom is 0.260 e. The molecule has 1 aromatic heterocycles. The number of benzene rings is 1. The first-order valence-electron chi connectivity index (χ1n) is 8.14. The van der Waals surface area contributed by atoms with Gasteiger partial charge in [-0.3, -0.25) is 9.69 Å². The van der Waals surface area contributed by atoms with Crippen LogP contribution in [-0.4, -0.2) is 58.5 Å². The molecule has 24 heavy (non-hydrogen) atoms. The summed E-state index contributed by atoms with van der Waals surface area (Å²) in [6.45, 7) is 2.26. The highest BCUT2D eigenvalue weighted by molar-refractivity contribution is 5.78. The minimum atomic E-state index is 0.0331. The molecule has 0 saturated carbocycles. The van der Waals surface area contributed by atoms with Crippen LogP contribution in [0.5, 0.6) is 5.75 Å². The number of likely N-dealkylation sites (N-methyl/N-ethyl adjacent to an activating group) is 1. The van der Waals surface area contributed by atoms with Gasteiger partial charge in [0.2, 0.25) is 0 Å². The van der Waals surface area contributed by atoms with Crippen LogP contribution in [0, 0.1) is 0 Å². The standard InChI is InChI=1S/C18H22N4O2/c1-21(13-17-19-9-5-10-20-17)15-8-11-22(12-15)18(23)14-24-16-6-3-2-4-7-16/h2-7,9-10,15H,8,11-14H2,1H3. The molecule has 2 aromatic rings. The summed E-state index contributed by atoms with van der Waals surface area (Å²) in [6, 6.07) is 11.6. The molecule has 126 valence electrons. The Hall–Kier alpha value is -2.47. The first-order valence-corrected chi connectivity index (χ1v) is 8.14. The van der Waals surface area contributed by atoms with Crippen LogP contribution in [0.4, 0.5) is 0 Å². The van der Waals surface area contributed by atoms with Crippen molar-refractivity contribution >= 4 is 5.91 Å². The zero-order valence-corrected chi connectivity index (χ0v) is 13.8. The molecule has 0 spiro atoms. The first kappa shape index (κ1) is 16.4. The lowest BCUT2D eigenvalue weighted by atomic mass is 10.2. The molecule has 0 bridgehead atoms. The Balaban J connectivity index is 1.46.